The van der Waals surface area contributed by atoms with E-state index in [0.717, 1.165) is 5.56 Å². The molecule has 2 aliphatic rings. The zero-order valence-corrected chi connectivity index (χ0v) is 22.1. The Labute approximate surface area is 223 Å². The number of H-pyrrole nitrogens is 1. The number of halogens is 3. The van der Waals surface area contributed by atoms with Crippen LogP contribution >= 0.6 is 11.6 Å². The third kappa shape index (κ3) is 4.09. The number of rotatable bonds is 2. The molecule has 38 heavy (non-hydrogen) atoms. The van der Waals surface area contributed by atoms with Crippen LogP contribution in [0.3, 0.4) is 0 Å². The number of fused-ring (bicyclic) bond motifs is 5. The fourth-order valence-electron chi connectivity index (χ4n) is 5.31. The predicted molar refractivity (Wildman–Crippen MR) is 140 cm³/mol. The van der Waals surface area contributed by atoms with Gasteiger partial charge in [0.05, 0.1) is 35.7 Å². The average molecular weight is 541 g/mol. The van der Waals surface area contributed by atoms with Crippen molar-refractivity contribution in [1.29, 1.82) is 0 Å². The largest absolute Gasteiger partial charge is 0.470 e. The van der Waals surface area contributed by atoms with E-state index in [4.69, 9.17) is 21.1 Å². The Morgan fingerprint density at radius 3 is 2.79 bits per heavy atom. The Kier molecular flexibility index (Phi) is 5.68. The monoisotopic (exact) mass is 540 g/mol. The quantitative estimate of drug-likeness (QED) is 0.287. The van der Waals surface area contributed by atoms with Crippen LogP contribution in [0.1, 0.15) is 52.2 Å². The molecule has 3 atom stereocenters. The summed E-state index contributed by atoms with van der Waals surface area (Å²) in [6, 6.07) is 10.1. The molecule has 2 aromatic carbocycles. The zero-order chi connectivity index (χ0) is 26.9. The summed E-state index contributed by atoms with van der Waals surface area (Å²) in [6.45, 7) is 7.12. The lowest BCUT2D eigenvalue weighted by atomic mass is 10.0. The van der Waals surface area contributed by atoms with Crippen molar-refractivity contribution in [2.45, 2.75) is 58.2 Å². The molecule has 198 valence electrons. The van der Waals surface area contributed by atoms with Gasteiger partial charge < -0.3 is 19.0 Å². The van der Waals surface area contributed by atoms with E-state index in [-0.39, 0.29) is 18.8 Å². The van der Waals surface area contributed by atoms with Gasteiger partial charge in [0, 0.05) is 28.0 Å². The summed E-state index contributed by atoms with van der Waals surface area (Å²) < 4.78 is 43.4. The molecule has 1 unspecified atom stereocenters. The molecule has 0 spiro atoms. The van der Waals surface area contributed by atoms with Gasteiger partial charge >= 0.3 is 6.09 Å². The van der Waals surface area contributed by atoms with E-state index in [2.05, 4.69) is 9.97 Å². The van der Waals surface area contributed by atoms with Gasteiger partial charge in [0.1, 0.15) is 23.3 Å². The molecule has 0 radical (unpaired) electrons. The fourth-order valence-corrected chi connectivity index (χ4v) is 5.48. The number of likely N-dealkylation sites (tertiary alicyclic amines) is 1. The number of carbonyl (C=O) groups excluding carboxylic acids is 1. The number of hydrogen-bond acceptors (Lipinski definition) is 4. The number of aromatic amines is 1. The molecule has 1 N–H and O–H groups in total. The predicted octanol–water partition coefficient (Wildman–Crippen LogP) is 7.42. The highest BCUT2D eigenvalue weighted by molar-refractivity contribution is 6.31. The van der Waals surface area contributed by atoms with Crippen molar-refractivity contribution in [3.05, 3.63) is 59.3 Å². The fraction of sp³-hybridized carbons (Fsp3) is 0.357. The molecule has 1 fully saturated rings. The van der Waals surface area contributed by atoms with Crippen LogP contribution in [0.2, 0.25) is 5.02 Å². The standard InChI is InChI=1S/C28H27ClF2N4O3/c1-14-35-21-8-6-16(29)10-19(21)24(31)25(35)18-7-5-15(9-23(18)37-14)20-12-32-26(33-20)22-11-17(30)13-34(22)27(36)38-28(2,3)4/h5-10,12,14,17,22H,11,13H2,1-4H3,(H,32,33)/t14?,17-,22+/m1/s1. The number of nitrogens with zero attached hydrogens (tertiary/aromatic N) is 3. The van der Waals surface area contributed by atoms with Gasteiger partial charge in [0.25, 0.3) is 0 Å². The Morgan fingerprint density at radius 2 is 2.03 bits per heavy atom. The molecule has 2 aliphatic heterocycles. The number of amides is 1. The molecule has 4 aromatic rings. The molecule has 4 heterocycles. The lowest BCUT2D eigenvalue weighted by molar-refractivity contribution is 0.0211. The number of hydrogen-bond donors (Lipinski definition) is 1. The molecule has 7 nitrogen and oxygen atoms in total. The highest BCUT2D eigenvalue weighted by Gasteiger charge is 2.40. The van der Waals surface area contributed by atoms with E-state index < -0.39 is 30.1 Å². The van der Waals surface area contributed by atoms with Crippen molar-refractivity contribution < 1.29 is 23.0 Å². The van der Waals surface area contributed by atoms with Crippen LogP contribution in [-0.4, -0.2) is 43.8 Å². The van der Waals surface area contributed by atoms with Gasteiger partial charge in [-0.3, -0.25) is 4.90 Å². The maximum absolute atomic E-state index is 15.6. The number of ether oxygens (including phenoxy) is 2. The maximum Gasteiger partial charge on any atom is 0.411 e. The van der Waals surface area contributed by atoms with Crippen molar-refractivity contribution >= 4 is 28.6 Å². The smallest absolute Gasteiger partial charge is 0.411 e. The second kappa shape index (κ2) is 8.73. The molecular weight excluding hydrogens is 514 g/mol. The Balaban J connectivity index is 1.33. The van der Waals surface area contributed by atoms with E-state index in [0.29, 0.717) is 44.5 Å². The van der Waals surface area contributed by atoms with E-state index in [9.17, 15) is 9.18 Å². The minimum Gasteiger partial charge on any atom is -0.470 e. The molecule has 6 rings (SSSR count). The number of nitrogens with one attached hydrogen (secondary N) is 1. The topological polar surface area (TPSA) is 72.4 Å². The normalized spacial score (nSPS) is 20.8. The van der Waals surface area contributed by atoms with E-state index in [1.807, 2.05) is 29.7 Å². The van der Waals surface area contributed by atoms with Crippen molar-refractivity contribution in [2.75, 3.05) is 6.54 Å². The van der Waals surface area contributed by atoms with Gasteiger partial charge in [-0.15, -0.1) is 0 Å². The first kappa shape index (κ1) is 24.7. The van der Waals surface area contributed by atoms with Crippen LogP contribution in [0, 0.1) is 5.82 Å². The maximum atomic E-state index is 15.6. The summed E-state index contributed by atoms with van der Waals surface area (Å²) >= 11 is 6.12. The first-order valence-electron chi connectivity index (χ1n) is 12.5. The highest BCUT2D eigenvalue weighted by Crippen LogP contribution is 2.46. The summed E-state index contributed by atoms with van der Waals surface area (Å²) in [6.07, 6.45) is -0.417. The number of imidazole rings is 1. The Hall–Kier alpha value is -3.59. The van der Waals surface area contributed by atoms with E-state index in [1.165, 1.54) is 4.90 Å². The van der Waals surface area contributed by atoms with Crippen LogP contribution in [0.5, 0.6) is 5.75 Å². The lowest BCUT2D eigenvalue weighted by Crippen LogP contribution is -2.37. The third-order valence-electron chi connectivity index (χ3n) is 6.90. The molecule has 10 heteroatoms. The molecule has 1 saturated heterocycles. The highest BCUT2D eigenvalue weighted by atomic mass is 35.5. The summed E-state index contributed by atoms with van der Waals surface area (Å²) in [5.41, 5.74) is 2.52. The molecule has 1 amide bonds. The van der Waals surface area contributed by atoms with Crippen molar-refractivity contribution in [3.8, 4) is 28.3 Å². The average Bonchev–Trinajstić information content (AvgIpc) is 3.54. The van der Waals surface area contributed by atoms with Gasteiger partial charge in [-0.2, -0.15) is 0 Å². The van der Waals surface area contributed by atoms with Gasteiger partial charge in [-0.25, -0.2) is 18.6 Å². The third-order valence-corrected chi connectivity index (χ3v) is 7.14. The summed E-state index contributed by atoms with van der Waals surface area (Å²) in [5.74, 6) is 0.660. The minimum absolute atomic E-state index is 0.0506. The van der Waals surface area contributed by atoms with Crippen LogP contribution in [-0.2, 0) is 4.74 Å². The van der Waals surface area contributed by atoms with Crippen LogP contribution < -0.4 is 4.74 Å². The first-order valence-corrected chi connectivity index (χ1v) is 12.9. The molecule has 0 saturated carbocycles. The van der Waals surface area contributed by atoms with E-state index >= 15 is 4.39 Å². The van der Waals surface area contributed by atoms with Crippen molar-refractivity contribution in [1.82, 2.24) is 19.4 Å². The van der Waals surface area contributed by atoms with Crippen LogP contribution in [0.4, 0.5) is 13.6 Å². The van der Waals surface area contributed by atoms with Crippen LogP contribution in [0.15, 0.2) is 42.6 Å². The number of benzene rings is 2. The number of aromatic nitrogens is 3. The second-order valence-corrected chi connectivity index (χ2v) is 11.2. The van der Waals surface area contributed by atoms with Crippen LogP contribution in [0.25, 0.3) is 33.4 Å². The zero-order valence-electron chi connectivity index (χ0n) is 21.4. The Bertz CT molecular complexity index is 1570. The molecule has 0 aliphatic carbocycles. The van der Waals surface area contributed by atoms with Gasteiger partial charge in [-0.1, -0.05) is 17.7 Å². The summed E-state index contributed by atoms with van der Waals surface area (Å²) in [4.78, 5) is 21.8. The van der Waals surface area contributed by atoms with Crippen molar-refractivity contribution in [3.63, 3.8) is 0 Å². The van der Waals surface area contributed by atoms with E-state index in [1.54, 1.807) is 45.2 Å². The summed E-state index contributed by atoms with van der Waals surface area (Å²) in [7, 11) is 0. The van der Waals surface area contributed by atoms with Gasteiger partial charge in [-0.05, 0) is 58.0 Å². The lowest BCUT2D eigenvalue weighted by Gasteiger charge is -2.28. The van der Waals surface area contributed by atoms with Crippen molar-refractivity contribution in [2.24, 2.45) is 0 Å². The minimum atomic E-state index is -1.17. The number of alkyl halides is 1. The summed E-state index contributed by atoms with van der Waals surface area (Å²) in [5, 5.41) is 0.903. The second-order valence-electron chi connectivity index (χ2n) is 10.8. The molecule has 2 aromatic heterocycles. The Morgan fingerprint density at radius 1 is 1.24 bits per heavy atom. The molecular formula is C28H27ClF2N4O3. The SMILES string of the molecule is CC1Oc2cc(-c3cnc([C@@H]4C[C@@H](F)CN4C(=O)OC(C)(C)C)[nH]3)ccc2-c2c(F)c3cc(Cl)ccc3n21. The van der Waals surface area contributed by atoms with Gasteiger partial charge in [0.2, 0.25) is 0 Å². The molecule has 0 bridgehead atoms. The number of carbonyl (C=O) groups is 1. The van der Waals surface area contributed by atoms with Gasteiger partial charge in [0.15, 0.2) is 12.0 Å². The first-order chi connectivity index (χ1) is 18.0.